The van der Waals surface area contributed by atoms with Crippen LogP contribution in [0.1, 0.15) is 0 Å². The van der Waals surface area contributed by atoms with Gasteiger partial charge in [0.2, 0.25) is 0 Å². The molecular weight excluding hydrogens is 318 g/mol. The lowest BCUT2D eigenvalue weighted by Crippen LogP contribution is -2.05. The number of hydrogen-bond acceptors (Lipinski definition) is 1. The summed E-state index contributed by atoms with van der Waals surface area (Å²) in [4.78, 5) is 3.78. The van der Waals surface area contributed by atoms with Crippen molar-refractivity contribution in [2.75, 3.05) is 0 Å². The van der Waals surface area contributed by atoms with Crippen molar-refractivity contribution in [1.82, 2.24) is 0 Å². The van der Waals surface area contributed by atoms with Crippen molar-refractivity contribution < 1.29 is 8.78 Å². The lowest BCUT2D eigenvalue weighted by molar-refractivity contribution is 0.626. The molecule has 0 aliphatic rings. The van der Waals surface area contributed by atoms with Crippen molar-refractivity contribution in [3.63, 3.8) is 0 Å². The summed E-state index contributed by atoms with van der Waals surface area (Å²) in [5, 5.41) is 0. The molecule has 0 bridgehead atoms. The van der Waals surface area contributed by atoms with Gasteiger partial charge in [-0.05, 0) is 60.7 Å². The van der Waals surface area contributed by atoms with Gasteiger partial charge >= 0.3 is 0 Å². The van der Waals surface area contributed by atoms with E-state index in [-0.39, 0.29) is 11.6 Å². The molecule has 3 rings (SSSR count). The van der Waals surface area contributed by atoms with E-state index < -0.39 is 10.9 Å². The van der Waals surface area contributed by atoms with E-state index >= 15 is 0 Å². The minimum atomic E-state index is -0.419. The summed E-state index contributed by atoms with van der Waals surface area (Å²) in [7, 11) is -0.419. The highest BCUT2D eigenvalue weighted by molar-refractivity contribution is 7.97. The summed E-state index contributed by atoms with van der Waals surface area (Å²) >= 11 is 5.13. The zero-order chi connectivity index (χ0) is 15.5. The van der Waals surface area contributed by atoms with Gasteiger partial charge in [0.25, 0.3) is 0 Å². The molecular formula is C18H12F2S2. The van der Waals surface area contributed by atoms with Crippen molar-refractivity contribution >= 4 is 23.5 Å². The standard InChI is InChI=1S/C18H12F2S2/c19-13-1-7-16(8-2-13)22(17-9-3-14(20)4-10-17)18-11-5-15(21)6-12-18/h1-12H. The lowest BCUT2D eigenvalue weighted by atomic mass is 10.3. The Bertz CT molecular complexity index is 642. The Labute approximate surface area is 136 Å². The maximum atomic E-state index is 13.2. The summed E-state index contributed by atoms with van der Waals surface area (Å²) in [6, 6.07) is 20.5. The predicted octanol–water partition coefficient (Wildman–Crippen LogP) is 4.97. The minimum Gasteiger partial charge on any atom is -0.780 e. The number of rotatable bonds is 3. The molecule has 110 valence electrons. The molecule has 0 atom stereocenters. The fourth-order valence-corrected chi connectivity index (χ4v) is 4.30. The van der Waals surface area contributed by atoms with Gasteiger partial charge in [0.1, 0.15) is 11.6 Å². The van der Waals surface area contributed by atoms with Crippen LogP contribution in [0.15, 0.2) is 92.4 Å². The summed E-state index contributed by atoms with van der Waals surface area (Å²) in [5.41, 5.74) is 0. The maximum Gasteiger partial charge on any atom is 0.166 e. The van der Waals surface area contributed by atoms with E-state index in [1.165, 1.54) is 24.3 Å². The maximum absolute atomic E-state index is 13.2. The lowest BCUT2D eigenvalue weighted by Gasteiger charge is -2.10. The summed E-state index contributed by atoms with van der Waals surface area (Å²) in [5.74, 6) is -0.542. The van der Waals surface area contributed by atoms with E-state index in [1.54, 1.807) is 24.3 Å². The van der Waals surface area contributed by atoms with Gasteiger partial charge < -0.3 is 12.6 Å². The molecule has 0 N–H and O–H groups in total. The third-order valence-electron chi connectivity index (χ3n) is 3.16. The van der Waals surface area contributed by atoms with E-state index in [0.717, 1.165) is 19.6 Å². The van der Waals surface area contributed by atoms with Crippen LogP contribution in [0.2, 0.25) is 0 Å². The van der Waals surface area contributed by atoms with Crippen molar-refractivity contribution in [1.29, 1.82) is 0 Å². The molecule has 3 aromatic rings. The molecule has 0 heterocycles. The molecule has 0 saturated carbocycles. The van der Waals surface area contributed by atoms with Gasteiger partial charge in [-0.15, -0.1) is 0 Å². The minimum absolute atomic E-state index is 0.271. The monoisotopic (exact) mass is 330 g/mol. The molecule has 0 aromatic heterocycles. The van der Waals surface area contributed by atoms with Crippen LogP contribution in [0.25, 0.3) is 0 Å². The van der Waals surface area contributed by atoms with Crippen molar-refractivity contribution in [3.05, 3.63) is 84.4 Å². The quantitative estimate of drug-likeness (QED) is 0.483. The van der Waals surface area contributed by atoms with E-state index in [4.69, 9.17) is 12.6 Å². The van der Waals surface area contributed by atoms with Crippen LogP contribution in [-0.2, 0) is 23.5 Å². The van der Waals surface area contributed by atoms with Gasteiger partial charge in [-0.1, -0.05) is 12.1 Å². The topological polar surface area (TPSA) is 0 Å². The number of benzene rings is 3. The van der Waals surface area contributed by atoms with Crippen LogP contribution in [0, 0.1) is 11.6 Å². The molecule has 0 unspecified atom stereocenters. The normalized spacial score (nSPS) is 10.9. The molecule has 0 nitrogen and oxygen atoms in total. The van der Waals surface area contributed by atoms with Gasteiger partial charge in [-0.2, -0.15) is 4.90 Å². The molecule has 0 aliphatic carbocycles. The number of hydrogen-bond donors (Lipinski definition) is 0. The highest BCUT2D eigenvalue weighted by Crippen LogP contribution is 2.31. The van der Waals surface area contributed by atoms with Crippen LogP contribution < -0.4 is 0 Å². The highest BCUT2D eigenvalue weighted by atomic mass is 32.2. The molecule has 22 heavy (non-hydrogen) atoms. The molecule has 3 aromatic carbocycles. The Morgan fingerprint density at radius 1 is 0.545 bits per heavy atom. The fourth-order valence-electron chi connectivity index (χ4n) is 2.13. The summed E-state index contributed by atoms with van der Waals surface area (Å²) in [6.07, 6.45) is 0. The highest BCUT2D eigenvalue weighted by Gasteiger charge is 2.28. The summed E-state index contributed by atoms with van der Waals surface area (Å²) in [6.45, 7) is 0. The third kappa shape index (κ3) is 3.29. The Hall–Kier alpha value is -1.91. The Balaban J connectivity index is 2.10. The van der Waals surface area contributed by atoms with E-state index in [9.17, 15) is 8.78 Å². The predicted molar refractivity (Wildman–Crippen MR) is 87.0 cm³/mol. The van der Waals surface area contributed by atoms with Gasteiger partial charge in [-0.3, -0.25) is 0 Å². The molecule has 0 amide bonds. The summed E-state index contributed by atoms with van der Waals surface area (Å²) < 4.78 is 26.4. The Morgan fingerprint density at radius 2 is 0.864 bits per heavy atom. The fraction of sp³-hybridized carbons (Fsp3) is 0. The molecule has 0 radical (unpaired) electrons. The molecule has 0 fully saturated rings. The van der Waals surface area contributed by atoms with E-state index in [2.05, 4.69) is 0 Å². The van der Waals surface area contributed by atoms with Crippen molar-refractivity contribution in [2.24, 2.45) is 0 Å². The van der Waals surface area contributed by atoms with Crippen LogP contribution in [-0.4, -0.2) is 0 Å². The van der Waals surface area contributed by atoms with Crippen LogP contribution in [0.4, 0.5) is 8.78 Å². The second kappa shape index (κ2) is 6.46. The van der Waals surface area contributed by atoms with E-state index in [0.29, 0.717) is 0 Å². The van der Waals surface area contributed by atoms with Crippen LogP contribution in [0.3, 0.4) is 0 Å². The van der Waals surface area contributed by atoms with Gasteiger partial charge in [0.05, 0.1) is 10.9 Å². The first-order chi connectivity index (χ1) is 10.6. The Kier molecular flexibility index (Phi) is 4.41. The average Bonchev–Trinajstić information content (AvgIpc) is 2.53. The van der Waals surface area contributed by atoms with Crippen molar-refractivity contribution in [2.45, 2.75) is 19.6 Å². The van der Waals surface area contributed by atoms with Crippen LogP contribution >= 0.6 is 0 Å². The second-order valence-corrected chi connectivity index (χ2v) is 7.18. The zero-order valence-electron chi connectivity index (χ0n) is 11.5. The smallest absolute Gasteiger partial charge is 0.166 e. The van der Waals surface area contributed by atoms with Crippen molar-refractivity contribution in [3.8, 4) is 0 Å². The molecule has 0 saturated heterocycles. The van der Waals surface area contributed by atoms with Gasteiger partial charge in [0, 0.05) is 0 Å². The SMILES string of the molecule is Fc1ccc([S+](c2ccc(F)cc2)c2ccc([S-])cc2)cc1. The number of halogens is 2. The molecule has 4 heteroatoms. The average molecular weight is 330 g/mol. The third-order valence-corrected chi connectivity index (χ3v) is 5.66. The second-order valence-electron chi connectivity index (χ2n) is 4.69. The first-order valence-electron chi connectivity index (χ1n) is 6.66. The van der Waals surface area contributed by atoms with Gasteiger partial charge in [-0.25, -0.2) is 8.78 Å². The zero-order valence-corrected chi connectivity index (χ0v) is 13.1. The molecule has 0 aliphatic heterocycles. The van der Waals surface area contributed by atoms with Gasteiger partial charge in [0.15, 0.2) is 14.7 Å². The first-order valence-corrected chi connectivity index (χ1v) is 8.29. The van der Waals surface area contributed by atoms with Crippen LogP contribution in [0.5, 0.6) is 0 Å². The van der Waals surface area contributed by atoms with E-state index in [1.807, 2.05) is 24.3 Å². The Morgan fingerprint density at radius 3 is 1.23 bits per heavy atom. The first kappa shape index (κ1) is 15.0. The largest absolute Gasteiger partial charge is 0.780 e. The molecule has 0 spiro atoms.